The third kappa shape index (κ3) is 3.37. The van der Waals surface area contributed by atoms with Crippen molar-refractivity contribution in [1.29, 1.82) is 0 Å². The molecule has 0 unspecified atom stereocenters. The maximum atomic E-state index is 6.20. The molecule has 1 aliphatic carbocycles. The molecule has 158 valence electrons. The molecule has 8 heteroatoms. The Kier molecular flexibility index (Phi) is 5.37. The quantitative estimate of drug-likeness (QED) is 0.596. The minimum atomic E-state index is 0.466. The maximum Gasteiger partial charge on any atom is 0.211 e. The summed E-state index contributed by atoms with van der Waals surface area (Å²) in [5, 5.41) is 4.12. The first kappa shape index (κ1) is 20.1. The molecule has 0 amide bonds. The fourth-order valence-corrected chi connectivity index (χ4v) is 6.43. The summed E-state index contributed by atoms with van der Waals surface area (Å²) in [5.74, 6) is 0.991. The SMILES string of the molecule is CN[C@@H]1CCCC12CCN(c1ncc(Sc3ccnc(Cl)c3C)c3nccn13)CC2. The lowest BCUT2D eigenvalue weighted by Gasteiger charge is -2.43. The summed E-state index contributed by atoms with van der Waals surface area (Å²) in [7, 11) is 2.12. The minimum Gasteiger partial charge on any atom is -0.342 e. The highest BCUT2D eigenvalue weighted by atomic mass is 35.5. The summed E-state index contributed by atoms with van der Waals surface area (Å²) in [4.78, 5) is 18.2. The number of hydrogen-bond donors (Lipinski definition) is 1. The van der Waals surface area contributed by atoms with Crippen LogP contribution < -0.4 is 10.2 Å². The number of imidazole rings is 1. The van der Waals surface area contributed by atoms with Crippen LogP contribution in [0.3, 0.4) is 0 Å². The Bertz CT molecular complexity index is 1060. The molecule has 1 saturated carbocycles. The van der Waals surface area contributed by atoms with Gasteiger partial charge in [-0.2, -0.15) is 0 Å². The largest absolute Gasteiger partial charge is 0.342 e. The molecular weight excluding hydrogens is 416 g/mol. The second-order valence-electron chi connectivity index (χ2n) is 8.45. The van der Waals surface area contributed by atoms with E-state index in [1.165, 1.54) is 32.1 Å². The van der Waals surface area contributed by atoms with Crippen molar-refractivity contribution in [1.82, 2.24) is 24.7 Å². The standard InChI is InChI=1S/C22H27ClN6S/c1-15-16(5-9-25-19(15)23)30-17-14-27-21(29-13-10-26-20(17)29)28-11-7-22(8-12-28)6-3-4-18(22)24-2/h5,9-10,13-14,18,24H,3-4,6-8,11-12H2,1-2H3/t18-/m1/s1. The Hall–Kier alpha value is -1.83. The van der Waals surface area contributed by atoms with Crippen molar-refractivity contribution in [3.63, 3.8) is 0 Å². The van der Waals surface area contributed by atoms with Crippen molar-refractivity contribution in [3.05, 3.63) is 41.6 Å². The van der Waals surface area contributed by atoms with Crippen molar-refractivity contribution >= 4 is 35.0 Å². The van der Waals surface area contributed by atoms with Crippen molar-refractivity contribution in [3.8, 4) is 0 Å². The molecule has 1 atom stereocenters. The van der Waals surface area contributed by atoms with Crippen molar-refractivity contribution < 1.29 is 0 Å². The number of nitrogens with one attached hydrogen (secondary N) is 1. The molecule has 3 aromatic heterocycles. The summed E-state index contributed by atoms with van der Waals surface area (Å²) in [6.45, 7) is 4.08. The molecular formula is C22H27ClN6S. The highest BCUT2D eigenvalue weighted by molar-refractivity contribution is 7.99. The lowest BCUT2D eigenvalue weighted by molar-refractivity contribution is 0.177. The number of fused-ring (bicyclic) bond motifs is 1. The summed E-state index contributed by atoms with van der Waals surface area (Å²) in [6, 6.07) is 2.65. The van der Waals surface area contributed by atoms with E-state index >= 15 is 0 Å². The Morgan fingerprint density at radius 3 is 2.77 bits per heavy atom. The highest BCUT2D eigenvalue weighted by Gasteiger charge is 2.44. The van der Waals surface area contributed by atoms with Crippen LogP contribution in [-0.2, 0) is 0 Å². The molecule has 1 aliphatic heterocycles. The van der Waals surface area contributed by atoms with Crippen LogP contribution in [0.4, 0.5) is 5.95 Å². The summed E-state index contributed by atoms with van der Waals surface area (Å²) in [6.07, 6.45) is 14.0. The second-order valence-corrected chi connectivity index (χ2v) is 9.89. The molecule has 0 bridgehead atoms. The van der Waals surface area contributed by atoms with Crippen LogP contribution in [0.25, 0.3) is 5.65 Å². The van der Waals surface area contributed by atoms with Gasteiger partial charge in [-0.3, -0.25) is 4.40 Å². The molecule has 4 heterocycles. The molecule has 1 spiro atoms. The van der Waals surface area contributed by atoms with Crippen molar-refractivity contribution in [2.24, 2.45) is 5.41 Å². The average Bonchev–Trinajstić information content (AvgIpc) is 3.40. The van der Waals surface area contributed by atoms with Gasteiger partial charge in [0.1, 0.15) is 5.15 Å². The Labute approximate surface area is 186 Å². The van der Waals surface area contributed by atoms with E-state index < -0.39 is 0 Å². The normalized spacial score (nSPS) is 21.0. The Balaban J connectivity index is 1.40. The van der Waals surface area contributed by atoms with E-state index in [0.29, 0.717) is 16.6 Å². The van der Waals surface area contributed by atoms with E-state index in [4.69, 9.17) is 16.6 Å². The van der Waals surface area contributed by atoms with Gasteiger partial charge < -0.3 is 10.2 Å². The van der Waals surface area contributed by atoms with E-state index in [1.807, 2.05) is 31.6 Å². The number of nitrogens with zero attached hydrogens (tertiary/aromatic N) is 5. The molecule has 2 aliphatic rings. The highest BCUT2D eigenvalue weighted by Crippen LogP contribution is 2.47. The number of anilines is 1. The third-order valence-corrected chi connectivity index (χ3v) is 8.53. The van der Waals surface area contributed by atoms with Gasteiger partial charge in [0.15, 0.2) is 5.65 Å². The van der Waals surface area contributed by atoms with Gasteiger partial charge in [-0.05, 0) is 51.1 Å². The van der Waals surface area contributed by atoms with E-state index in [0.717, 1.165) is 40.0 Å². The van der Waals surface area contributed by atoms with Crippen molar-refractivity contribution in [2.45, 2.75) is 54.9 Å². The van der Waals surface area contributed by atoms with Crippen LogP contribution in [0.5, 0.6) is 0 Å². The predicted molar refractivity (Wildman–Crippen MR) is 122 cm³/mol. The fraction of sp³-hybridized carbons (Fsp3) is 0.500. The number of piperidine rings is 1. The van der Waals surface area contributed by atoms with E-state index in [-0.39, 0.29) is 0 Å². The zero-order chi connectivity index (χ0) is 20.7. The number of aromatic nitrogens is 4. The summed E-state index contributed by atoms with van der Waals surface area (Å²) < 4.78 is 2.13. The van der Waals surface area contributed by atoms with Crippen LogP contribution in [0, 0.1) is 12.3 Å². The lowest BCUT2D eigenvalue weighted by Crippen LogP contribution is -2.48. The zero-order valence-corrected chi connectivity index (χ0v) is 19.0. The molecule has 30 heavy (non-hydrogen) atoms. The number of rotatable bonds is 4. The van der Waals surface area contributed by atoms with Gasteiger partial charge in [0.2, 0.25) is 5.95 Å². The first-order chi connectivity index (χ1) is 14.6. The summed E-state index contributed by atoms with van der Waals surface area (Å²) >= 11 is 7.84. The van der Waals surface area contributed by atoms with Gasteiger partial charge in [-0.15, -0.1) is 0 Å². The summed E-state index contributed by atoms with van der Waals surface area (Å²) in [5.41, 5.74) is 2.38. The van der Waals surface area contributed by atoms with E-state index in [1.54, 1.807) is 18.0 Å². The van der Waals surface area contributed by atoms with Gasteiger partial charge in [0.25, 0.3) is 0 Å². The molecule has 0 radical (unpaired) electrons. The Morgan fingerprint density at radius 2 is 1.97 bits per heavy atom. The average molecular weight is 443 g/mol. The van der Waals surface area contributed by atoms with E-state index in [9.17, 15) is 0 Å². The first-order valence-corrected chi connectivity index (χ1v) is 11.8. The first-order valence-electron chi connectivity index (χ1n) is 10.6. The third-order valence-electron chi connectivity index (χ3n) is 6.98. The maximum absolute atomic E-state index is 6.20. The van der Waals surface area contributed by atoms with Crippen LogP contribution in [0.1, 0.15) is 37.7 Å². The number of halogens is 1. The van der Waals surface area contributed by atoms with Gasteiger partial charge in [0.05, 0.1) is 4.90 Å². The second kappa shape index (κ2) is 8.02. The van der Waals surface area contributed by atoms with Gasteiger partial charge >= 0.3 is 0 Å². The van der Waals surface area contributed by atoms with Crippen molar-refractivity contribution in [2.75, 3.05) is 25.0 Å². The van der Waals surface area contributed by atoms with Crippen LogP contribution in [-0.4, -0.2) is 45.5 Å². The molecule has 5 rings (SSSR count). The van der Waals surface area contributed by atoms with Crippen LogP contribution in [0.15, 0.2) is 40.6 Å². The Morgan fingerprint density at radius 1 is 1.13 bits per heavy atom. The molecule has 6 nitrogen and oxygen atoms in total. The molecule has 1 saturated heterocycles. The zero-order valence-electron chi connectivity index (χ0n) is 17.4. The topological polar surface area (TPSA) is 58.3 Å². The minimum absolute atomic E-state index is 0.466. The van der Waals surface area contributed by atoms with Crippen LogP contribution in [0.2, 0.25) is 5.15 Å². The van der Waals surface area contributed by atoms with Gasteiger partial charge in [0, 0.05) is 54.4 Å². The molecule has 3 aromatic rings. The molecule has 2 fully saturated rings. The smallest absolute Gasteiger partial charge is 0.211 e. The monoisotopic (exact) mass is 442 g/mol. The molecule has 1 N–H and O–H groups in total. The lowest BCUT2D eigenvalue weighted by atomic mass is 9.74. The van der Waals surface area contributed by atoms with E-state index in [2.05, 4.69) is 31.6 Å². The predicted octanol–water partition coefficient (Wildman–Crippen LogP) is 4.60. The molecule has 0 aromatic carbocycles. The van der Waals surface area contributed by atoms with Gasteiger partial charge in [-0.1, -0.05) is 29.8 Å². The van der Waals surface area contributed by atoms with Crippen LogP contribution >= 0.6 is 23.4 Å². The fourth-order valence-electron chi connectivity index (χ4n) is 5.25. The van der Waals surface area contributed by atoms with Gasteiger partial charge in [-0.25, -0.2) is 15.0 Å². The number of hydrogen-bond acceptors (Lipinski definition) is 6. The number of pyridine rings is 1.